The van der Waals surface area contributed by atoms with Crippen molar-refractivity contribution in [3.8, 4) is 0 Å². The van der Waals surface area contributed by atoms with Crippen LogP contribution in [0.5, 0.6) is 0 Å². The van der Waals surface area contributed by atoms with E-state index in [2.05, 4.69) is 6.92 Å². The van der Waals surface area contributed by atoms with Crippen molar-refractivity contribution in [2.45, 2.75) is 65.0 Å². The summed E-state index contributed by atoms with van der Waals surface area (Å²) >= 11 is 0. The minimum atomic E-state index is -0.721. The van der Waals surface area contributed by atoms with Crippen LogP contribution in [0.25, 0.3) is 0 Å². The molecule has 0 amide bonds. The lowest BCUT2D eigenvalue weighted by Gasteiger charge is -2.20. The molecule has 0 aromatic carbocycles. The zero-order chi connectivity index (χ0) is 12.4. The Balaban J connectivity index is 3.65. The number of rotatable bonds is 10. The Morgan fingerprint density at radius 3 is 2.44 bits per heavy atom. The van der Waals surface area contributed by atoms with Crippen LogP contribution in [0.3, 0.4) is 0 Å². The van der Waals surface area contributed by atoms with Gasteiger partial charge in [-0.15, -0.1) is 0 Å². The second-order valence-corrected chi connectivity index (χ2v) is 4.09. The van der Waals surface area contributed by atoms with Crippen molar-refractivity contribution in [3.63, 3.8) is 0 Å². The van der Waals surface area contributed by atoms with Crippen LogP contribution in [0.15, 0.2) is 0 Å². The van der Waals surface area contributed by atoms with Crippen LogP contribution in [-0.2, 0) is 9.47 Å². The van der Waals surface area contributed by atoms with E-state index >= 15 is 0 Å². The lowest BCUT2D eigenvalue weighted by Crippen LogP contribution is -2.27. The van der Waals surface area contributed by atoms with Gasteiger partial charge in [0, 0.05) is 0 Å². The van der Waals surface area contributed by atoms with Gasteiger partial charge in [0.25, 0.3) is 0 Å². The summed E-state index contributed by atoms with van der Waals surface area (Å²) in [6.07, 6.45) is 2.62. The summed E-state index contributed by atoms with van der Waals surface area (Å²) in [4.78, 5) is 0. The lowest BCUT2D eigenvalue weighted by molar-refractivity contribution is -0.155. The Kier molecular flexibility index (Phi) is 9.92. The van der Waals surface area contributed by atoms with E-state index in [-0.39, 0.29) is 18.8 Å². The summed E-state index contributed by atoms with van der Waals surface area (Å²) in [7, 11) is 0. The molecule has 0 fully saturated rings. The summed E-state index contributed by atoms with van der Waals surface area (Å²) in [5.74, 6) is 0. The Hall–Kier alpha value is -0.160. The molecule has 0 aliphatic heterocycles. The molecule has 0 saturated carbocycles. The normalized spacial score (nSPS) is 17.1. The first-order chi connectivity index (χ1) is 7.63. The van der Waals surface area contributed by atoms with Crippen molar-refractivity contribution in [2.24, 2.45) is 0 Å². The summed E-state index contributed by atoms with van der Waals surface area (Å²) in [5, 5.41) is 18.3. The highest BCUT2D eigenvalue weighted by atomic mass is 16.6. The SMILES string of the molecule is CCCCC(CO)OCC(C)OC(O)CC. The topological polar surface area (TPSA) is 58.9 Å². The molecule has 4 heteroatoms. The van der Waals surface area contributed by atoms with Gasteiger partial charge in [-0.1, -0.05) is 26.7 Å². The Morgan fingerprint density at radius 2 is 1.94 bits per heavy atom. The Labute approximate surface area is 98.6 Å². The fourth-order valence-electron chi connectivity index (χ4n) is 1.33. The monoisotopic (exact) mass is 234 g/mol. The average Bonchev–Trinajstić information content (AvgIpc) is 2.29. The predicted molar refractivity (Wildman–Crippen MR) is 63.2 cm³/mol. The standard InChI is InChI=1S/C12H26O4/c1-4-6-7-11(8-13)15-9-10(3)16-12(14)5-2/h10-14H,4-9H2,1-3H3. The molecular weight excluding hydrogens is 208 g/mol. The molecule has 0 bridgehead atoms. The van der Waals surface area contributed by atoms with Crippen LogP contribution in [0.1, 0.15) is 46.5 Å². The van der Waals surface area contributed by atoms with Gasteiger partial charge < -0.3 is 19.7 Å². The molecule has 2 N–H and O–H groups in total. The molecule has 0 aromatic heterocycles. The van der Waals surface area contributed by atoms with Crippen LogP contribution in [0, 0.1) is 0 Å². The third-order valence-corrected chi connectivity index (χ3v) is 2.39. The Morgan fingerprint density at radius 1 is 1.25 bits per heavy atom. The predicted octanol–water partition coefficient (Wildman–Crippen LogP) is 1.69. The number of unbranched alkanes of at least 4 members (excludes halogenated alkanes) is 1. The van der Waals surface area contributed by atoms with Crippen molar-refractivity contribution >= 4 is 0 Å². The first kappa shape index (κ1) is 15.8. The van der Waals surface area contributed by atoms with Gasteiger partial charge in [0.2, 0.25) is 0 Å². The second kappa shape index (κ2) is 10.0. The van der Waals surface area contributed by atoms with Crippen molar-refractivity contribution in [2.75, 3.05) is 13.2 Å². The van der Waals surface area contributed by atoms with Crippen molar-refractivity contribution in [1.29, 1.82) is 0 Å². The maximum Gasteiger partial charge on any atom is 0.154 e. The second-order valence-electron chi connectivity index (χ2n) is 4.09. The van der Waals surface area contributed by atoms with Gasteiger partial charge in [0.05, 0.1) is 25.4 Å². The van der Waals surface area contributed by atoms with Gasteiger partial charge in [0.15, 0.2) is 6.29 Å². The first-order valence-corrected chi connectivity index (χ1v) is 6.19. The highest BCUT2D eigenvalue weighted by Crippen LogP contribution is 2.07. The fraction of sp³-hybridized carbons (Fsp3) is 1.00. The summed E-state index contributed by atoms with van der Waals surface area (Å²) in [6, 6.07) is 0. The molecule has 98 valence electrons. The van der Waals surface area contributed by atoms with Gasteiger partial charge in [-0.05, 0) is 19.8 Å². The summed E-state index contributed by atoms with van der Waals surface area (Å²) in [6.45, 7) is 6.27. The number of ether oxygens (including phenoxy) is 2. The number of aliphatic hydroxyl groups is 2. The molecule has 3 atom stereocenters. The Bertz CT molecular complexity index is 152. The molecule has 4 nitrogen and oxygen atoms in total. The quantitative estimate of drug-likeness (QED) is 0.565. The average molecular weight is 234 g/mol. The highest BCUT2D eigenvalue weighted by Gasteiger charge is 2.12. The molecule has 0 rings (SSSR count). The highest BCUT2D eigenvalue weighted by molar-refractivity contribution is 4.58. The molecule has 0 aliphatic rings. The summed E-state index contributed by atoms with van der Waals surface area (Å²) < 4.78 is 10.8. The van der Waals surface area contributed by atoms with Gasteiger partial charge in [-0.3, -0.25) is 0 Å². The van der Waals surface area contributed by atoms with E-state index in [1.165, 1.54) is 0 Å². The van der Waals surface area contributed by atoms with Crippen molar-refractivity contribution < 1.29 is 19.7 Å². The molecule has 0 aromatic rings. The van der Waals surface area contributed by atoms with Gasteiger partial charge in [-0.25, -0.2) is 0 Å². The van der Waals surface area contributed by atoms with Crippen LogP contribution >= 0.6 is 0 Å². The van der Waals surface area contributed by atoms with E-state index in [9.17, 15) is 5.11 Å². The zero-order valence-corrected chi connectivity index (χ0v) is 10.7. The third kappa shape index (κ3) is 8.05. The van der Waals surface area contributed by atoms with Crippen molar-refractivity contribution in [1.82, 2.24) is 0 Å². The van der Waals surface area contributed by atoms with Crippen LogP contribution in [-0.4, -0.2) is 41.9 Å². The zero-order valence-electron chi connectivity index (χ0n) is 10.7. The van der Waals surface area contributed by atoms with E-state index in [1.807, 2.05) is 13.8 Å². The van der Waals surface area contributed by atoms with Crippen LogP contribution in [0.2, 0.25) is 0 Å². The molecule has 0 saturated heterocycles. The number of aliphatic hydroxyl groups excluding tert-OH is 2. The lowest BCUT2D eigenvalue weighted by atomic mass is 10.2. The van der Waals surface area contributed by atoms with E-state index in [0.29, 0.717) is 13.0 Å². The largest absolute Gasteiger partial charge is 0.394 e. The third-order valence-electron chi connectivity index (χ3n) is 2.39. The smallest absolute Gasteiger partial charge is 0.154 e. The molecule has 16 heavy (non-hydrogen) atoms. The maximum absolute atomic E-state index is 9.27. The first-order valence-electron chi connectivity index (χ1n) is 6.19. The molecular formula is C12H26O4. The number of hydrogen-bond acceptors (Lipinski definition) is 4. The van der Waals surface area contributed by atoms with E-state index in [4.69, 9.17) is 14.6 Å². The van der Waals surface area contributed by atoms with Crippen LogP contribution < -0.4 is 0 Å². The fourth-order valence-corrected chi connectivity index (χ4v) is 1.33. The molecule has 0 aliphatic carbocycles. The maximum atomic E-state index is 9.27. The molecule has 0 heterocycles. The summed E-state index contributed by atoms with van der Waals surface area (Å²) in [5.41, 5.74) is 0. The minimum Gasteiger partial charge on any atom is -0.394 e. The molecule has 0 spiro atoms. The van der Waals surface area contributed by atoms with Gasteiger partial charge in [0.1, 0.15) is 0 Å². The molecule has 3 unspecified atom stereocenters. The van der Waals surface area contributed by atoms with E-state index in [1.54, 1.807) is 0 Å². The van der Waals surface area contributed by atoms with Crippen molar-refractivity contribution in [3.05, 3.63) is 0 Å². The minimum absolute atomic E-state index is 0.0447. The van der Waals surface area contributed by atoms with E-state index < -0.39 is 6.29 Å². The van der Waals surface area contributed by atoms with E-state index in [0.717, 1.165) is 19.3 Å². The molecule has 0 radical (unpaired) electrons. The number of hydrogen-bond donors (Lipinski definition) is 2. The van der Waals surface area contributed by atoms with Crippen LogP contribution in [0.4, 0.5) is 0 Å². The van der Waals surface area contributed by atoms with Gasteiger partial charge >= 0.3 is 0 Å². The van der Waals surface area contributed by atoms with Gasteiger partial charge in [-0.2, -0.15) is 0 Å².